The van der Waals surface area contributed by atoms with Crippen molar-refractivity contribution in [3.8, 4) is 11.6 Å². The number of H-pyrrole nitrogens is 1. The zero-order valence-electron chi connectivity index (χ0n) is 16.7. The fraction of sp³-hybridized carbons (Fsp3) is 0.550. The summed E-state index contributed by atoms with van der Waals surface area (Å²) in [4.78, 5) is 0. The Kier molecular flexibility index (Phi) is 6.45. The van der Waals surface area contributed by atoms with Crippen molar-refractivity contribution in [2.75, 3.05) is 13.2 Å². The minimum atomic E-state index is -2.35. The van der Waals surface area contributed by atoms with E-state index in [0.717, 1.165) is 17.0 Å². The fourth-order valence-electron chi connectivity index (χ4n) is 3.24. The minimum absolute atomic E-state index is 0.0581. The summed E-state index contributed by atoms with van der Waals surface area (Å²) in [6.07, 6.45) is -3.75. The fourth-order valence-corrected chi connectivity index (χ4v) is 3.24. The lowest BCUT2D eigenvalue weighted by molar-refractivity contribution is -0.323. The quantitative estimate of drug-likeness (QED) is 0.412. The van der Waals surface area contributed by atoms with Crippen molar-refractivity contribution >= 4 is 0 Å². The Morgan fingerprint density at radius 3 is 2.59 bits per heavy atom. The predicted molar refractivity (Wildman–Crippen MR) is 103 cm³/mol. The van der Waals surface area contributed by atoms with Crippen LogP contribution in [0.3, 0.4) is 0 Å². The summed E-state index contributed by atoms with van der Waals surface area (Å²) in [5.41, 5.74) is 2.35. The SMILES string of the molecule is Cc1[nH]nc(O[C@@]2(O)[C@H](O)[C@@H](O)CO[C@@H]2CO)c1Cc1ccc(OC(C)C)cc1. The average Bonchev–Trinajstić information content (AvgIpc) is 3.01. The Bertz CT molecular complexity index is 804. The molecule has 1 aromatic heterocycles. The molecule has 0 aliphatic carbocycles. The first kappa shape index (κ1) is 21.5. The molecular weight excluding hydrogens is 380 g/mol. The number of aryl methyl sites for hydroxylation is 1. The van der Waals surface area contributed by atoms with E-state index >= 15 is 0 Å². The van der Waals surface area contributed by atoms with Gasteiger partial charge in [-0.2, -0.15) is 0 Å². The molecule has 9 heteroatoms. The average molecular weight is 408 g/mol. The third-order valence-electron chi connectivity index (χ3n) is 4.86. The zero-order valence-corrected chi connectivity index (χ0v) is 16.7. The third-order valence-corrected chi connectivity index (χ3v) is 4.86. The molecule has 1 aliphatic heterocycles. The molecule has 0 saturated carbocycles. The summed E-state index contributed by atoms with van der Waals surface area (Å²) in [5.74, 6) is -1.53. The molecule has 9 nitrogen and oxygen atoms in total. The molecule has 0 radical (unpaired) electrons. The summed E-state index contributed by atoms with van der Waals surface area (Å²) in [6.45, 7) is 4.89. The van der Waals surface area contributed by atoms with E-state index in [9.17, 15) is 20.4 Å². The van der Waals surface area contributed by atoms with Crippen LogP contribution in [-0.2, 0) is 11.2 Å². The number of hydrogen-bond donors (Lipinski definition) is 5. The van der Waals surface area contributed by atoms with Crippen molar-refractivity contribution in [3.05, 3.63) is 41.1 Å². The van der Waals surface area contributed by atoms with Crippen LogP contribution in [0.4, 0.5) is 0 Å². The van der Waals surface area contributed by atoms with Gasteiger partial charge in [0, 0.05) is 17.7 Å². The molecule has 0 spiro atoms. The van der Waals surface area contributed by atoms with Crippen LogP contribution in [0.25, 0.3) is 0 Å². The van der Waals surface area contributed by atoms with Crippen LogP contribution in [0.2, 0.25) is 0 Å². The molecule has 1 saturated heterocycles. The molecule has 5 N–H and O–H groups in total. The highest BCUT2D eigenvalue weighted by atomic mass is 16.7. The minimum Gasteiger partial charge on any atom is -0.491 e. The van der Waals surface area contributed by atoms with E-state index in [4.69, 9.17) is 14.2 Å². The van der Waals surface area contributed by atoms with Crippen molar-refractivity contribution in [2.24, 2.45) is 0 Å². The van der Waals surface area contributed by atoms with Crippen LogP contribution in [0.15, 0.2) is 24.3 Å². The second kappa shape index (κ2) is 8.68. The summed E-state index contributed by atoms with van der Waals surface area (Å²) in [7, 11) is 0. The summed E-state index contributed by atoms with van der Waals surface area (Å²) >= 11 is 0. The molecule has 2 aromatic rings. The highest BCUT2D eigenvalue weighted by Gasteiger charge is 2.54. The van der Waals surface area contributed by atoms with Gasteiger partial charge in [-0.15, -0.1) is 5.10 Å². The number of nitrogens with zero attached hydrogens (tertiary/aromatic N) is 1. The molecule has 0 unspecified atom stereocenters. The number of benzene rings is 1. The van der Waals surface area contributed by atoms with Gasteiger partial charge in [0.25, 0.3) is 5.79 Å². The Balaban J connectivity index is 1.82. The van der Waals surface area contributed by atoms with E-state index in [1.165, 1.54) is 0 Å². The molecule has 160 valence electrons. The Labute approximate surface area is 168 Å². The van der Waals surface area contributed by atoms with Crippen molar-refractivity contribution in [1.29, 1.82) is 0 Å². The Hall–Kier alpha value is -2.17. The number of hydrogen-bond acceptors (Lipinski definition) is 8. The number of aliphatic hydroxyl groups is 4. The number of aliphatic hydroxyl groups excluding tert-OH is 3. The van der Waals surface area contributed by atoms with Gasteiger partial charge < -0.3 is 34.6 Å². The lowest BCUT2D eigenvalue weighted by Gasteiger charge is -2.43. The number of aromatic amines is 1. The van der Waals surface area contributed by atoms with Crippen molar-refractivity contribution in [1.82, 2.24) is 10.2 Å². The normalized spacial score (nSPS) is 27.2. The monoisotopic (exact) mass is 408 g/mol. The number of nitrogens with one attached hydrogen (secondary N) is 1. The molecule has 1 aromatic carbocycles. The highest BCUT2D eigenvalue weighted by molar-refractivity contribution is 5.37. The van der Waals surface area contributed by atoms with E-state index in [2.05, 4.69) is 10.2 Å². The number of aromatic nitrogens is 2. The highest BCUT2D eigenvalue weighted by Crippen LogP contribution is 2.32. The van der Waals surface area contributed by atoms with Gasteiger partial charge in [0.05, 0.1) is 19.3 Å². The maximum absolute atomic E-state index is 10.9. The van der Waals surface area contributed by atoms with Crippen LogP contribution in [0, 0.1) is 6.92 Å². The van der Waals surface area contributed by atoms with E-state index < -0.39 is 30.7 Å². The zero-order chi connectivity index (χ0) is 21.2. The molecule has 3 rings (SSSR count). The largest absolute Gasteiger partial charge is 0.491 e. The van der Waals surface area contributed by atoms with Crippen LogP contribution in [0.5, 0.6) is 11.6 Å². The van der Waals surface area contributed by atoms with Gasteiger partial charge in [-0.3, -0.25) is 5.10 Å². The van der Waals surface area contributed by atoms with Crippen LogP contribution in [0.1, 0.15) is 30.7 Å². The van der Waals surface area contributed by atoms with Gasteiger partial charge in [0.15, 0.2) is 0 Å². The molecule has 1 fully saturated rings. The van der Waals surface area contributed by atoms with Gasteiger partial charge >= 0.3 is 0 Å². The first-order chi connectivity index (χ1) is 13.7. The lowest BCUT2D eigenvalue weighted by Crippen LogP contribution is -2.67. The summed E-state index contributed by atoms with van der Waals surface area (Å²) in [6, 6.07) is 7.58. The standard InChI is InChI=1S/C20H28N2O7/c1-11(2)28-14-6-4-13(5-7-14)8-15-12(3)21-22-19(15)29-20(26)17(9-23)27-10-16(24)18(20)25/h4-7,11,16-18,23-26H,8-10H2,1-3H3,(H,21,22)/t16-,17+,18+,20+/m0/s1. The maximum atomic E-state index is 10.9. The van der Waals surface area contributed by atoms with Gasteiger partial charge in [0.2, 0.25) is 5.88 Å². The maximum Gasteiger partial charge on any atom is 0.267 e. The molecule has 2 heterocycles. The molecule has 1 aliphatic rings. The van der Waals surface area contributed by atoms with E-state index in [0.29, 0.717) is 12.0 Å². The predicted octanol–water partition coefficient (Wildman–Crippen LogP) is 0.276. The van der Waals surface area contributed by atoms with E-state index in [1.54, 1.807) is 0 Å². The summed E-state index contributed by atoms with van der Waals surface area (Å²) < 4.78 is 16.5. The van der Waals surface area contributed by atoms with E-state index in [1.807, 2.05) is 45.0 Å². The van der Waals surface area contributed by atoms with E-state index in [-0.39, 0.29) is 18.6 Å². The van der Waals surface area contributed by atoms with Crippen LogP contribution in [-0.4, -0.2) is 74.0 Å². The molecule has 4 atom stereocenters. The molecule has 29 heavy (non-hydrogen) atoms. The third kappa shape index (κ3) is 4.54. The molecular formula is C20H28N2O7. The Morgan fingerprint density at radius 2 is 1.97 bits per heavy atom. The van der Waals surface area contributed by atoms with Gasteiger partial charge in [0.1, 0.15) is 24.1 Å². The second-order valence-corrected chi connectivity index (χ2v) is 7.49. The Morgan fingerprint density at radius 1 is 1.28 bits per heavy atom. The van der Waals surface area contributed by atoms with Gasteiger partial charge in [-0.05, 0) is 38.5 Å². The number of rotatable bonds is 7. The molecule has 0 bridgehead atoms. The van der Waals surface area contributed by atoms with Crippen molar-refractivity contribution < 1.29 is 34.6 Å². The van der Waals surface area contributed by atoms with Crippen LogP contribution >= 0.6 is 0 Å². The lowest BCUT2D eigenvalue weighted by atomic mass is 9.96. The molecule has 0 amide bonds. The first-order valence-electron chi connectivity index (χ1n) is 9.54. The second-order valence-electron chi connectivity index (χ2n) is 7.49. The first-order valence-corrected chi connectivity index (χ1v) is 9.54. The topological polar surface area (TPSA) is 137 Å². The smallest absolute Gasteiger partial charge is 0.267 e. The van der Waals surface area contributed by atoms with Crippen LogP contribution < -0.4 is 9.47 Å². The van der Waals surface area contributed by atoms with Gasteiger partial charge in [-0.1, -0.05) is 12.1 Å². The van der Waals surface area contributed by atoms with Crippen molar-refractivity contribution in [2.45, 2.75) is 57.4 Å². The van der Waals surface area contributed by atoms with Crippen molar-refractivity contribution in [3.63, 3.8) is 0 Å². The van der Waals surface area contributed by atoms with Gasteiger partial charge in [-0.25, -0.2) is 0 Å². The summed E-state index contributed by atoms with van der Waals surface area (Å²) in [5, 5.41) is 47.4. The number of ether oxygens (including phenoxy) is 3.